The molecule has 0 amide bonds. The van der Waals surface area contributed by atoms with E-state index >= 15 is 0 Å². The van der Waals surface area contributed by atoms with Gasteiger partial charge in [0.15, 0.2) is 5.96 Å². The summed E-state index contributed by atoms with van der Waals surface area (Å²) in [5, 5.41) is 6.73. The summed E-state index contributed by atoms with van der Waals surface area (Å²) in [4.78, 5) is 15.5. The molecule has 0 aliphatic carbocycles. The zero-order chi connectivity index (χ0) is 17.6. The van der Waals surface area contributed by atoms with Gasteiger partial charge in [0.1, 0.15) is 0 Å². The number of benzene rings is 1. The fourth-order valence-electron chi connectivity index (χ4n) is 2.41. The van der Waals surface area contributed by atoms with Crippen LogP contribution in [0.4, 0.5) is 0 Å². The third-order valence-electron chi connectivity index (χ3n) is 3.78. The molecule has 0 fully saturated rings. The number of esters is 1. The second-order valence-electron chi connectivity index (χ2n) is 5.74. The molecular formula is C19H32IN3O2. The molecule has 0 bridgehead atoms. The van der Waals surface area contributed by atoms with Gasteiger partial charge in [-0.05, 0) is 32.3 Å². The van der Waals surface area contributed by atoms with Crippen molar-refractivity contribution < 1.29 is 9.53 Å². The molecule has 0 aliphatic rings. The average Bonchev–Trinajstić information content (AvgIpc) is 2.60. The molecule has 1 rings (SSSR count). The number of guanidine groups is 1. The fraction of sp³-hybridized carbons (Fsp3) is 0.579. The predicted molar refractivity (Wildman–Crippen MR) is 114 cm³/mol. The Morgan fingerprint density at radius 2 is 1.84 bits per heavy atom. The van der Waals surface area contributed by atoms with Crippen LogP contribution in [-0.2, 0) is 9.53 Å². The van der Waals surface area contributed by atoms with Gasteiger partial charge in [0.25, 0.3) is 0 Å². The van der Waals surface area contributed by atoms with E-state index in [0.29, 0.717) is 13.0 Å². The molecule has 5 nitrogen and oxygen atoms in total. The van der Waals surface area contributed by atoms with Crippen LogP contribution in [0.2, 0.25) is 0 Å². The van der Waals surface area contributed by atoms with Crippen LogP contribution >= 0.6 is 24.0 Å². The highest BCUT2D eigenvalue weighted by molar-refractivity contribution is 14.0. The average molecular weight is 461 g/mol. The Bertz CT molecular complexity index is 495. The first-order valence-corrected chi connectivity index (χ1v) is 8.85. The van der Waals surface area contributed by atoms with Crippen LogP contribution in [0, 0.1) is 0 Å². The Morgan fingerprint density at radius 1 is 1.16 bits per heavy atom. The molecule has 1 atom stereocenters. The Hall–Kier alpha value is -1.31. The number of aliphatic imine (C=N–C) groups is 1. The lowest BCUT2D eigenvalue weighted by atomic mass is 10.1. The Kier molecular flexibility index (Phi) is 14.2. The molecule has 0 saturated heterocycles. The molecule has 0 heterocycles. The standard InChI is InChI=1S/C19H31N3O2.HI/c1-4-24-18(23)14-10-5-6-11-15-21-19(20-3)22-16(2)17-12-8-7-9-13-17;/h7-9,12-13,16H,4-6,10-11,14-15H2,1-3H3,(H2,20,21,22);1H. The first-order chi connectivity index (χ1) is 11.7. The van der Waals surface area contributed by atoms with Crippen molar-refractivity contribution in [3.05, 3.63) is 35.9 Å². The van der Waals surface area contributed by atoms with E-state index in [9.17, 15) is 4.79 Å². The van der Waals surface area contributed by atoms with Gasteiger partial charge in [-0.3, -0.25) is 9.79 Å². The second kappa shape index (κ2) is 15.0. The molecule has 0 radical (unpaired) electrons. The molecule has 0 aliphatic heterocycles. The van der Waals surface area contributed by atoms with Gasteiger partial charge in [-0.25, -0.2) is 0 Å². The van der Waals surface area contributed by atoms with Gasteiger partial charge in [-0.15, -0.1) is 24.0 Å². The van der Waals surface area contributed by atoms with E-state index in [1.165, 1.54) is 5.56 Å². The molecule has 2 N–H and O–H groups in total. The van der Waals surface area contributed by atoms with Crippen molar-refractivity contribution in [2.45, 2.75) is 52.0 Å². The lowest BCUT2D eigenvalue weighted by Crippen LogP contribution is -2.39. The number of carbonyl (C=O) groups is 1. The highest BCUT2D eigenvalue weighted by Crippen LogP contribution is 2.10. The van der Waals surface area contributed by atoms with Crippen LogP contribution in [-0.4, -0.2) is 32.1 Å². The number of nitrogens with zero attached hydrogens (tertiary/aromatic N) is 1. The lowest BCUT2D eigenvalue weighted by Gasteiger charge is -2.18. The maximum Gasteiger partial charge on any atom is 0.305 e. The van der Waals surface area contributed by atoms with Crippen molar-refractivity contribution in [3.8, 4) is 0 Å². The van der Waals surface area contributed by atoms with Gasteiger partial charge in [0, 0.05) is 20.0 Å². The molecule has 1 unspecified atom stereocenters. The third-order valence-corrected chi connectivity index (χ3v) is 3.78. The normalized spacial score (nSPS) is 12.0. The predicted octanol–water partition coefficient (Wildman–Crippen LogP) is 4.04. The lowest BCUT2D eigenvalue weighted by molar-refractivity contribution is -0.143. The molecule has 0 saturated carbocycles. The van der Waals surface area contributed by atoms with Crippen molar-refractivity contribution in [2.24, 2.45) is 4.99 Å². The number of nitrogens with one attached hydrogen (secondary N) is 2. The molecular weight excluding hydrogens is 429 g/mol. The molecule has 142 valence electrons. The summed E-state index contributed by atoms with van der Waals surface area (Å²) >= 11 is 0. The van der Waals surface area contributed by atoms with E-state index in [1.807, 2.05) is 25.1 Å². The summed E-state index contributed by atoms with van der Waals surface area (Å²) in [5.74, 6) is 0.730. The topological polar surface area (TPSA) is 62.7 Å². The number of hydrogen-bond acceptors (Lipinski definition) is 3. The number of halogens is 1. The van der Waals surface area contributed by atoms with Crippen molar-refractivity contribution in [3.63, 3.8) is 0 Å². The fourth-order valence-corrected chi connectivity index (χ4v) is 2.41. The molecule has 25 heavy (non-hydrogen) atoms. The van der Waals surface area contributed by atoms with Crippen molar-refractivity contribution in [2.75, 3.05) is 20.2 Å². The zero-order valence-corrected chi connectivity index (χ0v) is 17.9. The van der Waals surface area contributed by atoms with Gasteiger partial charge >= 0.3 is 5.97 Å². The Balaban J connectivity index is 0.00000576. The van der Waals surface area contributed by atoms with Crippen molar-refractivity contribution in [1.82, 2.24) is 10.6 Å². The van der Waals surface area contributed by atoms with E-state index in [2.05, 4.69) is 34.7 Å². The summed E-state index contributed by atoms with van der Waals surface area (Å²) in [6, 6.07) is 10.5. The first-order valence-electron chi connectivity index (χ1n) is 8.85. The SMILES string of the molecule is CCOC(=O)CCCCCCNC(=NC)NC(C)c1ccccc1.I. The maximum absolute atomic E-state index is 11.2. The number of unbranched alkanes of at least 4 members (excludes halogenated alkanes) is 3. The Labute approximate surface area is 169 Å². The van der Waals surface area contributed by atoms with Gasteiger partial charge in [0.2, 0.25) is 0 Å². The molecule has 0 aromatic heterocycles. The number of carbonyl (C=O) groups excluding carboxylic acids is 1. The van der Waals surface area contributed by atoms with Gasteiger partial charge in [-0.2, -0.15) is 0 Å². The van der Waals surface area contributed by atoms with E-state index < -0.39 is 0 Å². The summed E-state index contributed by atoms with van der Waals surface area (Å²) in [5.41, 5.74) is 1.24. The van der Waals surface area contributed by atoms with Crippen molar-refractivity contribution in [1.29, 1.82) is 0 Å². The summed E-state index contributed by atoms with van der Waals surface area (Å²) in [6.07, 6.45) is 4.63. The smallest absolute Gasteiger partial charge is 0.305 e. The molecule has 1 aromatic rings. The largest absolute Gasteiger partial charge is 0.466 e. The van der Waals surface area contributed by atoms with Crippen LogP contribution in [0.5, 0.6) is 0 Å². The number of hydrogen-bond donors (Lipinski definition) is 2. The summed E-state index contributed by atoms with van der Waals surface area (Å²) in [7, 11) is 1.78. The maximum atomic E-state index is 11.2. The quantitative estimate of drug-likeness (QED) is 0.182. The molecule has 6 heteroatoms. The molecule has 1 aromatic carbocycles. The summed E-state index contributed by atoms with van der Waals surface area (Å²) in [6.45, 7) is 5.30. The minimum Gasteiger partial charge on any atom is -0.466 e. The number of ether oxygens (including phenoxy) is 1. The van der Waals surface area contributed by atoms with Crippen LogP contribution in [0.3, 0.4) is 0 Å². The molecule has 0 spiro atoms. The zero-order valence-electron chi connectivity index (χ0n) is 15.6. The Morgan fingerprint density at radius 3 is 2.48 bits per heavy atom. The highest BCUT2D eigenvalue weighted by Gasteiger charge is 2.06. The van der Waals surface area contributed by atoms with E-state index in [1.54, 1.807) is 7.05 Å². The van der Waals surface area contributed by atoms with Crippen LogP contribution in [0.15, 0.2) is 35.3 Å². The van der Waals surface area contributed by atoms with Crippen LogP contribution in [0.1, 0.15) is 57.6 Å². The van der Waals surface area contributed by atoms with E-state index in [4.69, 9.17) is 4.74 Å². The minimum absolute atomic E-state index is 0. The first kappa shape index (κ1) is 23.7. The van der Waals surface area contributed by atoms with E-state index in [-0.39, 0.29) is 36.0 Å². The summed E-state index contributed by atoms with van der Waals surface area (Å²) < 4.78 is 4.91. The van der Waals surface area contributed by atoms with E-state index in [0.717, 1.165) is 38.2 Å². The second-order valence-corrected chi connectivity index (χ2v) is 5.74. The van der Waals surface area contributed by atoms with Gasteiger partial charge in [-0.1, -0.05) is 43.2 Å². The van der Waals surface area contributed by atoms with Crippen molar-refractivity contribution >= 4 is 35.9 Å². The number of rotatable bonds is 10. The third kappa shape index (κ3) is 11.0. The van der Waals surface area contributed by atoms with Gasteiger partial charge < -0.3 is 15.4 Å². The van der Waals surface area contributed by atoms with Crippen LogP contribution < -0.4 is 10.6 Å². The van der Waals surface area contributed by atoms with Crippen LogP contribution in [0.25, 0.3) is 0 Å². The monoisotopic (exact) mass is 461 g/mol. The van der Waals surface area contributed by atoms with Gasteiger partial charge in [0.05, 0.1) is 12.6 Å². The minimum atomic E-state index is -0.0878. The highest BCUT2D eigenvalue weighted by atomic mass is 127.